The van der Waals surface area contributed by atoms with Crippen LogP contribution in [0, 0.1) is 46.3 Å². The molecule has 0 radical (unpaired) electrons. The van der Waals surface area contributed by atoms with E-state index in [4.69, 9.17) is 4.74 Å². The first-order valence-electron chi connectivity index (χ1n) is 13.8. The Morgan fingerprint density at radius 3 is 2.30 bits per heavy atom. The third kappa shape index (κ3) is 4.96. The Hall–Kier alpha value is -1.19. The van der Waals surface area contributed by atoms with Gasteiger partial charge in [0.15, 0.2) is 0 Å². The van der Waals surface area contributed by atoms with E-state index in [2.05, 4.69) is 20.8 Å². The molecule has 190 valence electrons. The Morgan fingerprint density at radius 2 is 1.67 bits per heavy atom. The average molecular weight is 463 g/mol. The molecule has 4 fully saturated rings. The molecule has 0 aromatic heterocycles. The van der Waals surface area contributed by atoms with Crippen molar-refractivity contribution in [2.45, 2.75) is 113 Å². The Morgan fingerprint density at radius 1 is 1.00 bits per heavy atom. The minimum Gasteiger partial charge on any atom is -0.469 e. The first-order chi connectivity index (χ1) is 15.7. The van der Waals surface area contributed by atoms with Gasteiger partial charge in [-0.05, 0) is 66.6 Å². The molecule has 33 heavy (non-hydrogen) atoms. The van der Waals surface area contributed by atoms with Gasteiger partial charge >= 0.3 is 5.97 Å². The maximum Gasteiger partial charge on any atom is 0.305 e. The quantitative estimate of drug-likeness (QED) is 0.421. The molecule has 0 saturated heterocycles. The molecule has 0 aliphatic heterocycles. The predicted octanol–water partition coefficient (Wildman–Crippen LogP) is 7.04. The Bertz CT molecular complexity index is 700. The van der Waals surface area contributed by atoms with Gasteiger partial charge < -0.3 is 4.74 Å². The summed E-state index contributed by atoms with van der Waals surface area (Å²) in [6.45, 7) is 14.8. The van der Waals surface area contributed by atoms with Crippen molar-refractivity contribution >= 4 is 17.5 Å². The Labute approximate surface area is 203 Å². The minimum atomic E-state index is -0.157. The molecule has 0 spiro atoms. The van der Waals surface area contributed by atoms with E-state index in [0.29, 0.717) is 54.5 Å². The molecule has 4 aliphatic carbocycles. The van der Waals surface area contributed by atoms with E-state index in [1.165, 1.54) is 20.0 Å². The second-order valence-electron chi connectivity index (χ2n) is 11.2. The predicted molar refractivity (Wildman–Crippen MR) is 134 cm³/mol. The van der Waals surface area contributed by atoms with Crippen LogP contribution in [0.25, 0.3) is 0 Å². The van der Waals surface area contributed by atoms with Crippen LogP contribution in [0.5, 0.6) is 0 Å². The summed E-state index contributed by atoms with van der Waals surface area (Å²) in [5, 5.41) is 0. The van der Waals surface area contributed by atoms with Gasteiger partial charge in [0.05, 0.1) is 7.11 Å². The standard InChI is InChI=1S/C25H38O4.2C2H6/c1-15(8-11-21(28)29-4)17-9-10-18-22-19(26)13-16-7-5-6-12-24(16,2)23(22)20(27)14-25(17,18)3;2*1-2/h15-18,22-23H,5-14H2,1-4H3;2*1-2H3/t15-,16?,17?,18?,22?,23?,24?,25?;;/m1../s1. The van der Waals surface area contributed by atoms with Gasteiger partial charge in [0.2, 0.25) is 0 Å². The van der Waals surface area contributed by atoms with Crippen molar-refractivity contribution in [3.05, 3.63) is 0 Å². The van der Waals surface area contributed by atoms with Crippen LogP contribution in [0.1, 0.15) is 113 Å². The molecule has 0 N–H and O–H groups in total. The van der Waals surface area contributed by atoms with Crippen molar-refractivity contribution in [3.8, 4) is 0 Å². The zero-order valence-electron chi connectivity index (χ0n) is 22.7. The van der Waals surface area contributed by atoms with Gasteiger partial charge in [-0.1, -0.05) is 61.3 Å². The number of ether oxygens (including phenoxy) is 1. The third-order valence-electron chi connectivity index (χ3n) is 9.88. The number of rotatable bonds is 4. The number of fused-ring (bicyclic) bond motifs is 5. The number of Topliss-reactive ketones (excluding diaryl/α,β-unsaturated/α-hetero) is 2. The summed E-state index contributed by atoms with van der Waals surface area (Å²) < 4.78 is 4.82. The van der Waals surface area contributed by atoms with Crippen LogP contribution in [-0.4, -0.2) is 24.6 Å². The molecule has 0 aromatic carbocycles. The Balaban J connectivity index is 0.000000914. The van der Waals surface area contributed by atoms with Gasteiger partial charge in [-0.15, -0.1) is 0 Å². The van der Waals surface area contributed by atoms with Crippen LogP contribution in [0.15, 0.2) is 0 Å². The van der Waals surface area contributed by atoms with E-state index < -0.39 is 0 Å². The van der Waals surface area contributed by atoms with Crippen molar-refractivity contribution < 1.29 is 19.1 Å². The number of carbonyl (C=O) groups is 3. The van der Waals surface area contributed by atoms with Crippen LogP contribution in [0.4, 0.5) is 0 Å². The molecule has 4 rings (SSSR count). The highest BCUT2D eigenvalue weighted by molar-refractivity contribution is 5.94. The fourth-order valence-corrected chi connectivity index (χ4v) is 8.39. The van der Waals surface area contributed by atoms with E-state index in [1.807, 2.05) is 27.7 Å². The molecule has 0 aromatic rings. The summed E-state index contributed by atoms with van der Waals surface area (Å²) in [6, 6.07) is 0. The Kier molecular flexibility index (Phi) is 9.77. The maximum absolute atomic E-state index is 13.6. The van der Waals surface area contributed by atoms with Gasteiger partial charge in [0, 0.05) is 31.1 Å². The van der Waals surface area contributed by atoms with Gasteiger partial charge in [0.25, 0.3) is 0 Å². The van der Waals surface area contributed by atoms with Crippen LogP contribution in [0.3, 0.4) is 0 Å². The van der Waals surface area contributed by atoms with Crippen molar-refractivity contribution in [2.24, 2.45) is 46.3 Å². The molecule has 4 aliphatic rings. The number of hydrogen-bond donors (Lipinski definition) is 0. The smallest absolute Gasteiger partial charge is 0.305 e. The summed E-state index contributed by atoms with van der Waals surface area (Å²) in [6.07, 6.45) is 9.34. The monoisotopic (exact) mass is 462 g/mol. The average Bonchev–Trinajstić information content (AvgIpc) is 3.16. The van der Waals surface area contributed by atoms with E-state index in [1.54, 1.807) is 0 Å². The highest BCUT2D eigenvalue weighted by atomic mass is 16.5. The van der Waals surface area contributed by atoms with Crippen LogP contribution < -0.4 is 0 Å². The van der Waals surface area contributed by atoms with E-state index in [-0.39, 0.29) is 28.6 Å². The van der Waals surface area contributed by atoms with Crippen molar-refractivity contribution in [1.82, 2.24) is 0 Å². The van der Waals surface area contributed by atoms with Crippen molar-refractivity contribution in [3.63, 3.8) is 0 Å². The van der Waals surface area contributed by atoms with E-state index in [0.717, 1.165) is 32.1 Å². The van der Waals surface area contributed by atoms with E-state index >= 15 is 0 Å². The summed E-state index contributed by atoms with van der Waals surface area (Å²) in [5.74, 6) is 2.01. The summed E-state index contributed by atoms with van der Waals surface area (Å²) in [5.41, 5.74) is -0.0643. The summed E-state index contributed by atoms with van der Waals surface area (Å²) >= 11 is 0. The van der Waals surface area contributed by atoms with Gasteiger partial charge in [-0.3, -0.25) is 14.4 Å². The lowest BCUT2D eigenvalue weighted by Gasteiger charge is -2.58. The van der Waals surface area contributed by atoms with Crippen LogP contribution in [-0.2, 0) is 19.1 Å². The molecule has 4 nitrogen and oxygen atoms in total. The third-order valence-corrected chi connectivity index (χ3v) is 9.88. The molecule has 4 heteroatoms. The molecule has 0 amide bonds. The van der Waals surface area contributed by atoms with Crippen molar-refractivity contribution in [1.29, 1.82) is 0 Å². The summed E-state index contributed by atoms with van der Waals surface area (Å²) in [7, 11) is 1.44. The highest BCUT2D eigenvalue weighted by Gasteiger charge is 2.65. The largest absolute Gasteiger partial charge is 0.469 e. The van der Waals surface area contributed by atoms with E-state index in [9.17, 15) is 14.4 Å². The van der Waals surface area contributed by atoms with Gasteiger partial charge in [0.1, 0.15) is 11.6 Å². The van der Waals surface area contributed by atoms with Crippen molar-refractivity contribution in [2.75, 3.05) is 7.11 Å². The highest BCUT2D eigenvalue weighted by Crippen LogP contribution is 2.66. The van der Waals surface area contributed by atoms with Gasteiger partial charge in [-0.25, -0.2) is 0 Å². The molecular formula is C29H50O4. The molecule has 0 bridgehead atoms. The normalized spacial score (nSPS) is 40.1. The number of methoxy groups -OCH3 is 1. The SMILES string of the molecule is CC.CC.COC(=O)CC[C@@H](C)C1CCC2C3C(=O)CC4CCCCC4(C)C3C(=O)CC21C. The topological polar surface area (TPSA) is 60.4 Å². The molecule has 7 unspecified atom stereocenters. The number of carbonyl (C=O) groups excluding carboxylic acids is 3. The number of ketones is 2. The number of esters is 1. The first kappa shape index (κ1) is 28.1. The fraction of sp³-hybridized carbons (Fsp3) is 0.897. The second-order valence-corrected chi connectivity index (χ2v) is 11.2. The fourth-order valence-electron chi connectivity index (χ4n) is 8.39. The second kappa shape index (κ2) is 11.5. The minimum absolute atomic E-state index is 0.0316. The maximum atomic E-state index is 13.6. The van der Waals surface area contributed by atoms with Crippen LogP contribution in [0.2, 0.25) is 0 Å². The lowest BCUT2D eigenvalue weighted by Crippen LogP contribution is -2.60. The molecular weight excluding hydrogens is 412 g/mol. The molecule has 8 atom stereocenters. The molecule has 4 saturated carbocycles. The zero-order valence-corrected chi connectivity index (χ0v) is 22.7. The lowest BCUT2D eigenvalue weighted by atomic mass is 9.44. The number of hydrogen-bond acceptors (Lipinski definition) is 4. The molecule has 0 heterocycles. The van der Waals surface area contributed by atoms with Gasteiger partial charge in [-0.2, -0.15) is 0 Å². The summed E-state index contributed by atoms with van der Waals surface area (Å²) in [4.78, 5) is 38.6. The first-order valence-corrected chi connectivity index (χ1v) is 13.8. The van der Waals surface area contributed by atoms with Crippen LogP contribution >= 0.6 is 0 Å². The zero-order chi connectivity index (χ0) is 25.0. The lowest BCUT2D eigenvalue weighted by molar-refractivity contribution is -0.168.